The van der Waals surface area contributed by atoms with Crippen LogP contribution in [0.25, 0.3) is 0 Å². The number of carbonyl (C=O) groups is 2. The molecule has 9 heteroatoms. The van der Waals surface area contributed by atoms with Crippen LogP contribution >= 0.6 is 0 Å². The second-order valence-corrected chi connectivity index (χ2v) is 10.7. The van der Waals surface area contributed by atoms with E-state index in [-0.39, 0.29) is 17.6 Å². The van der Waals surface area contributed by atoms with Gasteiger partial charge in [-0.2, -0.15) is 0 Å². The van der Waals surface area contributed by atoms with E-state index in [1.165, 1.54) is 4.90 Å². The Bertz CT molecular complexity index is 905. The summed E-state index contributed by atoms with van der Waals surface area (Å²) in [6.07, 6.45) is 1.43. The molecule has 3 rings (SSSR count). The van der Waals surface area contributed by atoms with E-state index in [1.807, 2.05) is 4.90 Å². The van der Waals surface area contributed by atoms with Crippen LogP contribution < -0.4 is 5.32 Å². The third kappa shape index (κ3) is 4.14. The molecule has 0 saturated carbocycles. The average Bonchev–Trinajstić information content (AvgIpc) is 2.92. The van der Waals surface area contributed by atoms with Crippen LogP contribution in [0, 0.1) is 0 Å². The molecular weight excluding hydrogens is 392 g/mol. The molecule has 0 atom stereocenters. The van der Waals surface area contributed by atoms with Crippen molar-refractivity contribution in [2.24, 2.45) is 4.99 Å². The van der Waals surface area contributed by atoms with Gasteiger partial charge in [0.05, 0.1) is 21.6 Å². The number of benzene rings is 1. The third-order valence-corrected chi connectivity index (χ3v) is 8.06. The predicted octanol–water partition coefficient (Wildman–Crippen LogP) is 1.15. The highest BCUT2D eigenvalue weighted by Crippen LogP contribution is 2.24. The van der Waals surface area contributed by atoms with Crippen molar-refractivity contribution < 1.29 is 18.0 Å². The highest BCUT2D eigenvalue weighted by atomic mass is 32.2. The second-order valence-electron chi connectivity index (χ2n) is 7.99. The molecule has 1 saturated heterocycles. The summed E-state index contributed by atoms with van der Waals surface area (Å²) >= 11 is 0. The van der Waals surface area contributed by atoms with Crippen LogP contribution in [0.2, 0.25) is 0 Å². The molecule has 2 aliphatic heterocycles. The molecule has 8 nitrogen and oxygen atoms in total. The fraction of sp³-hybridized carbons (Fsp3) is 0.550. The van der Waals surface area contributed by atoms with Crippen molar-refractivity contribution in [2.75, 3.05) is 39.0 Å². The molecular formula is C20H28N4O4S. The largest absolute Gasteiger partial charge is 0.356 e. The Hall–Kier alpha value is -2.42. The van der Waals surface area contributed by atoms with E-state index >= 15 is 0 Å². The molecule has 1 N–H and O–H groups in total. The smallest absolute Gasteiger partial charge is 0.261 e. The second kappa shape index (κ2) is 8.14. The van der Waals surface area contributed by atoms with E-state index in [0.717, 1.165) is 6.42 Å². The zero-order valence-corrected chi connectivity index (χ0v) is 18.0. The summed E-state index contributed by atoms with van der Waals surface area (Å²) < 4.78 is 23.5. The van der Waals surface area contributed by atoms with Gasteiger partial charge in [0, 0.05) is 33.2 Å². The number of hydrogen-bond donors (Lipinski definition) is 1. The number of carbonyl (C=O) groups excluding carboxylic acids is 2. The Balaban J connectivity index is 1.46. The van der Waals surface area contributed by atoms with Crippen LogP contribution in [0.4, 0.5) is 0 Å². The number of nitrogens with zero attached hydrogens (tertiary/aromatic N) is 3. The van der Waals surface area contributed by atoms with Crippen molar-refractivity contribution in [1.82, 2.24) is 15.1 Å². The van der Waals surface area contributed by atoms with Crippen molar-refractivity contribution in [3.63, 3.8) is 0 Å². The standard InChI is InChI=1S/C20H28N4O4S/c1-20(2)14-23(12-13-29(20,27)28)19(21-3)22-10-6-7-11-24-17(25)15-8-4-5-9-16(15)18(24)26/h4-5,8-9H,6-7,10-14H2,1-3H3,(H,21,22). The SMILES string of the molecule is CN=C(NCCCCN1C(=O)c2ccccc2C1=O)N1CCS(=O)(=O)C(C)(C)C1. The maximum absolute atomic E-state index is 12.4. The molecule has 0 unspecified atom stereocenters. The first-order chi connectivity index (χ1) is 13.7. The van der Waals surface area contributed by atoms with Gasteiger partial charge in [-0.3, -0.25) is 19.5 Å². The van der Waals surface area contributed by atoms with Gasteiger partial charge in [-0.1, -0.05) is 12.1 Å². The monoisotopic (exact) mass is 420 g/mol. The maximum Gasteiger partial charge on any atom is 0.261 e. The lowest BCUT2D eigenvalue weighted by molar-refractivity contribution is 0.0651. The van der Waals surface area contributed by atoms with Gasteiger partial charge in [0.15, 0.2) is 15.8 Å². The summed E-state index contributed by atoms with van der Waals surface area (Å²) in [4.78, 5) is 32.3. The first-order valence-electron chi connectivity index (χ1n) is 9.81. The Labute approximate surface area is 171 Å². The molecule has 2 aliphatic rings. The third-order valence-electron chi connectivity index (χ3n) is 5.52. The number of hydrogen-bond acceptors (Lipinski definition) is 5. The minimum Gasteiger partial charge on any atom is -0.356 e. The molecule has 2 heterocycles. The van der Waals surface area contributed by atoms with Crippen molar-refractivity contribution in [3.05, 3.63) is 35.4 Å². The first kappa shape index (κ1) is 21.3. The highest BCUT2D eigenvalue weighted by Gasteiger charge is 2.41. The number of imide groups is 1. The lowest BCUT2D eigenvalue weighted by Gasteiger charge is -2.39. The summed E-state index contributed by atoms with van der Waals surface area (Å²) in [5.41, 5.74) is 0.942. The summed E-state index contributed by atoms with van der Waals surface area (Å²) in [6, 6.07) is 6.88. The first-order valence-corrected chi connectivity index (χ1v) is 11.5. The number of amides is 2. The number of rotatable bonds is 5. The average molecular weight is 421 g/mol. The van der Waals surface area contributed by atoms with Crippen molar-refractivity contribution in [1.29, 1.82) is 0 Å². The molecule has 1 aromatic rings. The summed E-state index contributed by atoms with van der Waals surface area (Å²) in [6.45, 7) is 5.29. The van der Waals surface area contributed by atoms with Crippen molar-refractivity contribution in [2.45, 2.75) is 31.4 Å². The van der Waals surface area contributed by atoms with Gasteiger partial charge in [0.2, 0.25) is 0 Å². The molecule has 0 bridgehead atoms. The number of guanidine groups is 1. The van der Waals surface area contributed by atoms with E-state index < -0.39 is 14.6 Å². The molecule has 158 valence electrons. The molecule has 0 radical (unpaired) electrons. The van der Waals surface area contributed by atoms with Crippen LogP contribution in [0.1, 0.15) is 47.4 Å². The molecule has 0 spiro atoms. The van der Waals surface area contributed by atoms with Crippen LogP contribution in [0.15, 0.2) is 29.3 Å². The molecule has 1 fully saturated rings. The van der Waals surface area contributed by atoms with E-state index in [4.69, 9.17) is 0 Å². The zero-order chi connectivity index (χ0) is 21.2. The van der Waals surface area contributed by atoms with E-state index in [9.17, 15) is 18.0 Å². The van der Waals surface area contributed by atoms with E-state index in [1.54, 1.807) is 45.2 Å². The fourth-order valence-electron chi connectivity index (χ4n) is 3.69. The molecule has 2 amide bonds. The normalized spacial score (nSPS) is 20.7. The molecule has 0 aliphatic carbocycles. The van der Waals surface area contributed by atoms with Crippen LogP contribution in [-0.4, -0.2) is 79.7 Å². The van der Waals surface area contributed by atoms with E-state index in [2.05, 4.69) is 10.3 Å². The quantitative estimate of drug-likeness (QED) is 0.332. The van der Waals surface area contributed by atoms with Crippen LogP contribution in [0.3, 0.4) is 0 Å². The Morgan fingerprint density at radius 3 is 2.31 bits per heavy atom. The number of nitrogens with one attached hydrogen (secondary N) is 1. The fourth-order valence-corrected chi connectivity index (χ4v) is 5.06. The molecule has 0 aromatic heterocycles. The molecule has 1 aromatic carbocycles. The van der Waals surface area contributed by atoms with Gasteiger partial charge in [-0.05, 0) is 38.8 Å². The summed E-state index contributed by atoms with van der Waals surface area (Å²) in [5, 5.41) is 3.26. The minimum atomic E-state index is -3.10. The van der Waals surface area contributed by atoms with Gasteiger partial charge >= 0.3 is 0 Å². The van der Waals surface area contributed by atoms with Crippen LogP contribution in [0.5, 0.6) is 0 Å². The maximum atomic E-state index is 12.4. The highest BCUT2D eigenvalue weighted by molar-refractivity contribution is 7.92. The van der Waals surface area contributed by atoms with Gasteiger partial charge in [0.25, 0.3) is 11.8 Å². The Morgan fingerprint density at radius 2 is 1.76 bits per heavy atom. The lowest BCUT2D eigenvalue weighted by Crippen LogP contribution is -2.57. The van der Waals surface area contributed by atoms with Gasteiger partial charge < -0.3 is 10.2 Å². The van der Waals surface area contributed by atoms with Gasteiger partial charge in [-0.15, -0.1) is 0 Å². The Morgan fingerprint density at radius 1 is 1.14 bits per heavy atom. The zero-order valence-electron chi connectivity index (χ0n) is 17.1. The van der Waals surface area contributed by atoms with Gasteiger partial charge in [0.1, 0.15) is 0 Å². The summed E-state index contributed by atoms with van der Waals surface area (Å²) in [5.74, 6) is 0.325. The minimum absolute atomic E-state index is 0.112. The number of fused-ring (bicyclic) bond motifs is 1. The Kier molecular flexibility index (Phi) is 5.97. The molecule has 29 heavy (non-hydrogen) atoms. The lowest BCUT2D eigenvalue weighted by atomic mass is 10.1. The van der Waals surface area contributed by atoms with E-state index in [0.29, 0.717) is 49.7 Å². The van der Waals surface area contributed by atoms with Gasteiger partial charge in [-0.25, -0.2) is 8.42 Å². The number of sulfone groups is 1. The predicted molar refractivity (Wildman–Crippen MR) is 112 cm³/mol. The number of aliphatic imine (C=N–C) groups is 1. The van der Waals surface area contributed by atoms with Crippen LogP contribution in [-0.2, 0) is 9.84 Å². The van der Waals surface area contributed by atoms with Crippen molar-refractivity contribution in [3.8, 4) is 0 Å². The topological polar surface area (TPSA) is 99.2 Å². The number of unbranched alkanes of at least 4 members (excludes halogenated alkanes) is 1. The summed E-state index contributed by atoms with van der Waals surface area (Å²) in [7, 11) is -1.42. The van der Waals surface area contributed by atoms with Crippen molar-refractivity contribution >= 4 is 27.6 Å².